The zero-order valence-electron chi connectivity index (χ0n) is 22.3. The Balaban J connectivity index is 1.81. The molecule has 2 aromatic rings. The predicted molar refractivity (Wildman–Crippen MR) is 145 cm³/mol. The van der Waals surface area contributed by atoms with Crippen LogP contribution in [0, 0.1) is 10.1 Å². The Morgan fingerprint density at radius 1 is 1.28 bits per heavy atom. The molecule has 0 radical (unpaired) electrons. The molecule has 1 aromatic heterocycles. The fourth-order valence-electron chi connectivity index (χ4n) is 5.05. The fraction of sp³-hybridized carbons (Fsp3) is 0.429. The molecule has 0 fully saturated rings. The standard InChI is InChI=1S/C28H32N2O8S/c1-5-36-22-14-18(12-20(27(22)32)30(34)35)25-24(28(33)38-9-8-37-15(2)3)16(4)29-19-11-17(13-21(31)26(19)25)23-7-6-10-39-23/h6-7,10,12,14-15,17,25,29,32H,5,8-9,11,13H2,1-4H3/t17-,25+/m1/s1. The van der Waals surface area contributed by atoms with Crippen molar-refractivity contribution in [3.63, 3.8) is 0 Å². The van der Waals surface area contributed by atoms with Crippen LogP contribution in [0.3, 0.4) is 0 Å². The number of nitro benzene ring substituents is 1. The van der Waals surface area contributed by atoms with Crippen LogP contribution in [0.1, 0.15) is 62.8 Å². The van der Waals surface area contributed by atoms with Crippen LogP contribution in [0.15, 0.2) is 52.2 Å². The van der Waals surface area contributed by atoms with Crippen LogP contribution >= 0.6 is 11.3 Å². The molecule has 0 amide bonds. The van der Waals surface area contributed by atoms with Gasteiger partial charge >= 0.3 is 11.7 Å². The van der Waals surface area contributed by atoms with Crippen LogP contribution in [0.5, 0.6) is 11.5 Å². The molecule has 1 aliphatic carbocycles. The molecule has 0 saturated carbocycles. The van der Waals surface area contributed by atoms with E-state index in [-0.39, 0.29) is 60.9 Å². The number of nitrogens with zero attached hydrogens (tertiary/aromatic N) is 1. The first kappa shape index (κ1) is 28.3. The van der Waals surface area contributed by atoms with E-state index in [1.807, 2.05) is 31.4 Å². The smallest absolute Gasteiger partial charge is 0.336 e. The molecular weight excluding hydrogens is 524 g/mol. The minimum absolute atomic E-state index is 0.000732. The third-order valence-corrected chi connectivity index (χ3v) is 7.70. The van der Waals surface area contributed by atoms with Crippen LogP contribution in [-0.4, -0.2) is 47.7 Å². The first-order valence-electron chi connectivity index (χ1n) is 12.8. The zero-order valence-corrected chi connectivity index (χ0v) is 23.1. The van der Waals surface area contributed by atoms with E-state index in [1.165, 1.54) is 12.1 Å². The molecule has 2 N–H and O–H groups in total. The number of nitro groups is 1. The maximum atomic E-state index is 13.7. The summed E-state index contributed by atoms with van der Waals surface area (Å²) >= 11 is 1.58. The molecule has 0 saturated heterocycles. The van der Waals surface area contributed by atoms with Gasteiger partial charge in [0, 0.05) is 46.2 Å². The van der Waals surface area contributed by atoms with Crippen molar-refractivity contribution in [1.29, 1.82) is 0 Å². The number of dihydropyridines is 1. The number of hydrogen-bond acceptors (Lipinski definition) is 10. The number of ether oxygens (including phenoxy) is 3. The number of aromatic hydroxyl groups is 1. The number of esters is 1. The Bertz CT molecular complexity index is 1330. The number of phenols is 1. The van der Waals surface area contributed by atoms with Crippen LogP contribution in [-0.2, 0) is 19.1 Å². The van der Waals surface area contributed by atoms with Crippen molar-refractivity contribution in [2.24, 2.45) is 0 Å². The zero-order chi connectivity index (χ0) is 28.3. The Labute approximate surface area is 230 Å². The van der Waals surface area contributed by atoms with Crippen molar-refractivity contribution in [1.82, 2.24) is 5.32 Å². The number of carbonyl (C=O) groups excluding carboxylic acids is 2. The van der Waals surface area contributed by atoms with Crippen LogP contribution in [0.2, 0.25) is 0 Å². The Morgan fingerprint density at radius 3 is 2.69 bits per heavy atom. The highest BCUT2D eigenvalue weighted by Gasteiger charge is 2.42. The average molecular weight is 557 g/mol. The monoisotopic (exact) mass is 556 g/mol. The van der Waals surface area contributed by atoms with E-state index >= 15 is 0 Å². The maximum absolute atomic E-state index is 13.7. The van der Waals surface area contributed by atoms with Crippen molar-refractivity contribution in [3.8, 4) is 11.5 Å². The molecule has 1 aromatic carbocycles. The maximum Gasteiger partial charge on any atom is 0.336 e. The average Bonchev–Trinajstić information content (AvgIpc) is 3.42. The van der Waals surface area contributed by atoms with Gasteiger partial charge in [-0.25, -0.2) is 4.79 Å². The normalized spacial score (nSPS) is 19.2. The van der Waals surface area contributed by atoms with Crippen molar-refractivity contribution < 1.29 is 33.8 Å². The summed E-state index contributed by atoms with van der Waals surface area (Å²) in [4.78, 5) is 39.4. The van der Waals surface area contributed by atoms with Gasteiger partial charge in [0.15, 0.2) is 11.5 Å². The second-order valence-electron chi connectivity index (χ2n) is 9.67. The van der Waals surface area contributed by atoms with Crippen molar-refractivity contribution in [3.05, 3.63) is 72.7 Å². The molecule has 2 heterocycles. The highest BCUT2D eigenvalue weighted by molar-refractivity contribution is 7.10. The molecule has 39 heavy (non-hydrogen) atoms. The van der Waals surface area contributed by atoms with E-state index in [0.717, 1.165) is 4.88 Å². The fourth-order valence-corrected chi connectivity index (χ4v) is 5.88. The van der Waals surface area contributed by atoms with Gasteiger partial charge in [0.05, 0.1) is 29.8 Å². The Kier molecular flexibility index (Phi) is 8.71. The van der Waals surface area contributed by atoms with Gasteiger partial charge in [-0.15, -0.1) is 11.3 Å². The quantitative estimate of drug-likeness (QED) is 0.177. The van der Waals surface area contributed by atoms with Gasteiger partial charge in [-0.05, 0) is 57.2 Å². The number of hydrogen-bond donors (Lipinski definition) is 2. The number of allylic oxidation sites excluding steroid dienone is 3. The molecule has 10 nitrogen and oxygen atoms in total. The molecule has 11 heteroatoms. The number of rotatable bonds is 10. The van der Waals surface area contributed by atoms with E-state index in [4.69, 9.17) is 14.2 Å². The van der Waals surface area contributed by atoms with Gasteiger partial charge in [0.2, 0.25) is 5.75 Å². The summed E-state index contributed by atoms with van der Waals surface area (Å²) in [6, 6.07) is 6.59. The second-order valence-corrected chi connectivity index (χ2v) is 10.6. The van der Waals surface area contributed by atoms with Crippen molar-refractivity contribution in [2.45, 2.75) is 58.5 Å². The van der Waals surface area contributed by atoms with Gasteiger partial charge in [-0.1, -0.05) is 6.07 Å². The molecule has 0 unspecified atom stereocenters. The number of thiophene rings is 1. The van der Waals surface area contributed by atoms with Crippen LogP contribution in [0.25, 0.3) is 0 Å². The van der Waals surface area contributed by atoms with Gasteiger partial charge in [0.1, 0.15) is 6.61 Å². The SMILES string of the molecule is CCOc1cc([C@H]2C(C(=O)OCCOC(C)C)=C(C)NC3=C2C(=O)C[C@H](c2cccs2)C3)cc([N+](=O)[O-])c1O. The summed E-state index contributed by atoms with van der Waals surface area (Å²) in [7, 11) is 0. The summed E-state index contributed by atoms with van der Waals surface area (Å²) in [5.74, 6) is -2.51. The first-order valence-corrected chi connectivity index (χ1v) is 13.7. The predicted octanol–water partition coefficient (Wildman–Crippen LogP) is 5.09. The highest BCUT2D eigenvalue weighted by atomic mass is 32.1. The van der Waals surface area contributed by atoms with E-state index in [9.17, 15) is 24.8 Å². The largest absolute Gasteiger partial charge is 0.500 e. The lowest BCUT2D eigenvalue weighted by atomic mass is 9.72. The van der Waals surface area contributed by atoms with Gasteiger partial charge in [-0.3, -0.25) is 14.9 Å². The van der Waals surface area contributed by atoms with Crippen LogP contribution in [0.4, 0.5) is 5.69 Å². The Morgan fingerprint density at radius 2 is 2.05 bits per heavy atom. The number of ketones is 1. The minimum Gasteiger partial charge on any atom is -0.500 e. The Hall–Kier alpha value is -3.70. The topological polar surface area (TPSA) is 137 Å². The number of nitrogens with one attached hydrogen (secondary N) is 1. The van der Waals surface area contributed by atoms with E-state index in [0.29, 0.717) is 23.4 Å². The minimum atomic E-state index is -0.949. The molecule has 208 valence electrons. The molecule has 1 aliphatic heterocycles. The molecule has 2 atom stereocenters. The molecular formula is C28H32N2O8S. The van der Waals surface area contributed by atoms with Gasteiger partial charge in [0.25, 0.3) is 0 Å². The summed E-state index contributed by atoms with van der Waals surface area (Å²) in [6.07, 6.45) is 0.741. The number of Topliss-reactive ketones (excluding diaryl/α,β-unsaturated/α-hetero) is 1. The summed E-state index contributed by atoms with van der Waals surface area (Å²) in [6.45, 7) is 7.49. The lowest BCUT2D eigenvalue weighted by Gasteiger charge is -2.36. The number of phenolic OH excluding ortho intramolecular Hbond substituents is 1. The van der Waals surface area contributed by atoms with Crippen molar-refractivity contribution in [2.75, 3.05) is 19.8 Å². The number of carbonyl (C=O) groups is 2. The second kappa shape index (κ2) is 12.0. The summed E-state index contributed by atoms with van der Waals surface area (Å²) in [5, 5.41) is 27.5. The molecule has 0 bridgehead atoms. The van der Waals surface area contributed by atoms with Crippen molar-refractivity contribution >= 4 is 28.8 Å². The third kappa shape index (κ3) is 5.99. The van der Waals surface area contributed by atoms with E-state index < -0.39 is 28.2 Å². The lowest BCUT2D eigenvalue weighted by molar-refractivity contribution is -0.386. The molecule has 4 rings (SSSR count). The highest BCUT2D eigenvalue weighted by Crippen LogP contribution is 2.49. The first-order chi connectivity index (χ1) is 18.6. The lowest BCUT2D eigenvalue weighted by Crippen LogP contribution is -2.36. The number of benzene rings is 1. The molecule has 2 aliphatic rings. The van der Waals surface area contributed by atoms with E-state index in [1.54, 1.807) is 25.2 Å². The molecule has 0 spiro atoms. The third-order valence-electron chi connectivity index (χ3n) is 6.67. The summed E-state index contributed by atoms with van der Waals surface area (Å²) < 4.78 is 16.5. The van der Waals surface area contributed by atoms with Gasteiger partial charge < -0.3 is 24.6 Å². The van der Waals surface area contributed by atoms with Gasteiger partial charge in [-0.2, -0.15) is 0 Å². The van der Waals surface area contributed by atoms with Crippen LogP contribution < -0.4 is 10.1 Å². The van der Waals surface area contributed by atoms with E-state index in [2.05, 4.69) is 5.32 Å². The summed E-state index contributed by atoms with van der Waals surface area (Å²) in [5.41, 5.74) is 1.39.